The van der Waals surface area contributed by atoms with Crippen molar-refractivity contribution in [3.05, 3.63) is 84.0 Å². The van der Waals surface area contributed by atoms with E-state index in [0.717, 1.165) is 24.8 Å². The SMILES string of the molecule is C=CCC1/C=C(\C)CC(C)CC(OC)C2OC(O)(C(=O)C(=O)N3CCCCC3C(=O)OC(C(C)=CC3CCC(c4ccc5ccccc5c4)C(OC)C3)C(C)C(O)CC1=O)C(C)CC2OC. The number of ether oxygens (including phenoxy) is 5. The zero-order chi connectivity index (χ0) is 47.9. The smallest absolute Gasteiger partial charge is 0.329 e. The van der Waals surface area contributed by atoms with Crippen molar-refractivity contribution in [3.63, 3.8) is 0 Å². The summed E-state index contributed by atoms with van der Waals surface area (Å²) in [5.41, 5.74) is 2.92. The predicted molar refractivity (Wildman–Crippen MR) is 253 cm³/mol. The number of amides is 1. The van der Waals surface area contributed by atoms with Gasteiger partial charge in [0.15, 0.2) is 0 Å². The van der Waals surface area contributed by atoms with Crippen molar-refractivity contribution in [1.29, 1.82) is 0 Å². The molecule has 3 aliphatic heterocycles. The molecule has 0 aromatic heterocycles. The Kier molecular flexibility index (Phi) is 17.8. The van der Waals surface area contributed by atoms with Crippen LogP contribution in [-0.4, -0.2) is 115 Å². The van der Waals surface area contributed by atoms with Crippen LogP contribution in [0, 0.1) is 29.6 Å². The second-order valence-electron chi connectivity index (χ2n) is 19.9. The topological polar surface area (TPSA) is 158 Å². The summed E-state index contributed by atoms with van der Waals surface area (Å²) in [4.78, 5) is 58.7. The Labute approximate surface area is 392 Å². The summed E-state index contributed by atoms with van der Waals surface area (Å²) >= 11 is 0. The number of aliphatic hydroxyl groups excluding tert-OH is 1. The minimum Gasteiger partial charge on any atom is -0.456 e. The van der Waals surface area contributed by atoms with Crippen molar-refractivity contribution >= 4 is 34.2 Å². The van der Waals surface area contributed by atoms with Gasteiger partial charge in [-0.05, 0) is 112 Å². The lowest BCUT2D eigenvalue weighted by molar-refractivity contribution is -0.302. The molecule has 3 fully saturated rings. The van der Waals surface area contributed by atoms with Crippen molar-refractivity contribution in [2.45, 2.75) is 160 Å². The highest BCUT2D eigenvalue weighted by molar-refractivity contribution is 6.39. The lowest BCUT2D eigenvalue weighted by Crippen LogP contribution is -2.64. The van der Waals surface area contributed by atoms with Gasteiger partial charge >= 0.3 is 5.97 Å². The van der Waals surface area contributed by atoms with Gasteiger partial charge in [-0.3, -0.25) is 14.4 Å². The Hall–Kier alpha value is -4.04. The number of nitrogens with zero attached hydrogens (tertiary/aromatic N) is 1. The lowest BCUT2D eigenvalue weighted by Gasteiger charge is -2.47. The number of rotatable bonds is 8. The Balaban J connectivity index is 1.33. The van der Waals surface area contributed by atoms with Crippen LogP contribution in [0.15, 0.2) is 78.4 Å². The number of fused-ring (bicyclic) bond motifs is 4. The molecule has 3 heterocycles. The van der Waals surface area contributed by atoms with Crippen LogP contribution in [0.4, 0.5) is 0 Å². The maximum absolute atomic E-state index is 14.6. The second-order valence-corrected chi connectivity index (χ2v) is 19.9. The molecule has 2 aromatic carbocycles. The molecule has 2 saturated heterocycles. The minimum atomic E-state index is -2.51. The first-order valence-corrected chi connectivity index (χ1v) is 24.2. The first-order valence-electron chi connectivity index (χ1n) is 24.2. The minimum absolute atomic E-state index is 0.0111. The number of benzene rings is 2. The van der Waals surface area contributed by atoms with E-state index in [0.29, 0.717) is 37.7 Å². The lowest BCUT2D eigenvalue weighted by atomic mass is 9.75. The first kappa shape index (κ1) is 51.4. The molecule has 12 heteroatoms. The first-order chi connectivity index (χ1) is 31.5. The molecule has 4 aliphatic rings. The van der Waals surface area contributed by atoms with Crippen molar-refractivity contribution < 1.29 is 53.1 Å². The second kappa shape index (κ2) is 22.8. The van der Waals surface area contributed by atoms with Gasteiger partial charge in [0.2, 0.25) is 5.79 Å². The third-order valence-electron chi connectivity index (χ3n) is 15.1. The number of piperidine rings is 1. The third kappa shape index (κ3) is 11.6. The number of ketones is 2. The Morgan fingerprint density at radius 3 is 2.29 bits per heavy atom. The summed E-state index contributed by atoms with van der Waals surface area (Å²) < 4.78 is 30.7. The van der Waals surface area contributed by atoms with E-state index in [9.17, 15) is 29.4 Å². The molecule has 1 aliphatic carbocycles. The van der Waals surface area contributed by atoms with Crippen LogP contribution in [0.3, 0.4) is 0 Å². The van der Waals surface area contributed by atoms with Crippen LogP contribution in [0.25, 0.3) is 10.8 Å². The quantitative estimate of drug-likeness (QED) is 0.149. The normalized spacial score (nSPS) is 37.0. The highest BCUT2D eigenvalue weighted by atomic mass is 16.7. The fraction of sp³-hybridized carbons (Fsp3) is 0.630. The molecular weight excluding hydrogens is 839 g/mol. The monoisotopic (exact) mass is 914 g/mol. The van der Waals surface area contributed by atoms with E-state index in [4.69, 9.17) is 23.7 Å². The van der Waals surface area contributed by atoms with Gasteiger partial charge in [-0.25, -0.2) is 4.79 Å². The summed E-state index contributed by atoms with van der Waals surface area (Å²) in [5.74, 6) is -7.39. The molecule has 1 amide bonds. The molecular formula is C54H75NO11. The van der Waals surface area contributed by atoms with Gasteiger partial charge in [0.25, 0.3) is 11.7 Å². The number of Topliss-reactive ketones (excluding diaryl/α,β-unsaturated/α-hetero) is 2. The number of allylic oxidation sites excluding steroid dienone is 4. The number of carbonyl (C=O) groups excluding carboxylic acids is 4. The number of hydrogen-bond acceptors (Lipinski definition) is 11. The summed E-state index contributed by atoms with van der Waals surface area (Å²) in [6.07, 6.45) is 6.79. The molecule has 2 aromatic rings. The van der Waals surface area contributed by atoms with E-state index in [-0.39, 0.29) is 55.4 Å². The molecule has 14 atom stereocenters. The van der Waals surface area contributed by atoms with E-state index in [2.05, 4.69) is 49.9 Å². The molecule has 0 radical (unpaired) electrons. The zero-order valence-electron chi connectivity index (χ0n) is 40.5. The predicted octanol–water partition coefficient (Wildman–Crippen LogP) is 8.22. The van der Waals surface area contributed by atoms with E-state index >= 15 is 0 Å². The summed E-state index contributed by atoms with van der Waals surface area (Å²) in [6, 6.07) is 13.8. The number of carbonyl (C=O) groups is 4. The van der Waals surface area contributed by atoms with Crippen LogP contribution < -0.4 is 0 Å². The summed E-state index contributed by atoms with van der Waals surface area (Å²) in [7, 11) is 4.82. The summed E-state index contributed by atoms with van der Waals surface area (Å²) in [6.45, 7) is 13.4. The number of methoxy groups -OCH3 is 3. The Morgan fingerprint density at radius 1 is 0.894 bits per heavy atom. The molecule has 1 saturated carbocycles. The van der Waals surface area contributed by atoms with E-state index in [1.807, 2.05) is 32.1 Å². The fourth-order valence-electron chi connectivity index (χ4n) is 11.3. The maximum atomic E-state index is 14.6. The molecule has 6 rings (SSSR count). The molecule has 12 nitrogen and oxygen atoms in total. The molecule has 2 bridgehead atoms. The standard InChI is InChI=1S/C54H75NO11/c1-10-15-41-25-32(2)24-33(3)26-47(63-8)50-48(64-9)28-35(5)54(61,66-50)51(58)52(59)55-23-14-13-18-43(55)53(60)65-49(36(6)44(56)31-45(41)57)34(4)27-37-19-22-42(46(29-37)62-7)40-21-20-38-16-11-12-17-39(38)30-40/h10-12,16-17,20-21,25,27,30,33,35-37,41-44,46-50,56,61H,1,13-15,18-19,22-24,26,28-29,31H2,2-9H3/b32-25+,34-27?. The van der Waals surface area contributed by atoms with Gasteiger partial charge in [-0.15, -0.1) is 6.58 Å². The summed E-state index contributed by atoms with van der Waals surface area (Å²) in [5, 5.41) is 26.4. The van der Waals surface area contributed by atoms with Crippen molar-refractivity contribution in [3.8, 4) is 0 Å². The molecule has 14 unspecified atom stereocenters. The molecule has 362 valence electrons. The maximum Gasteiger partial charge on any atom is 0.329 e. The Bertz CT molecular complexity index is 2100. The van der Waals surface area contributed by atoms with E-state index < -0.39 is 77.8 Å². The van der Waals surface area contributed by atoms with Crippen LogP contribution in [-0.2, 0) is 42.9 Å². The van der Waals surface area contributed by atoms with Gasteiger partial charge < -0.3 is 38.8 Å². The Morgan fingerprint density at radius 2 is 1.59 bits per heavy atom. The van der Waals surface area contributed by atoms with Crippen molar-refractivity contribution in [2.75, 3.05) is 27.9 Å². The molecule has 66 heavy (non-hydrogen) atoms. The van der Waals surface area contributed by atoms with Gasteiger partial charge in [0.05, 0.1) is 24.4 Å². The molecule has 2 N–H and O–H groups in total. The van der Waals surface area contributed by atoms with Crippen LogP contribution in [0.1, 0.15) is 117 Å². The largest absolute Gasteiger partial charge is 0.456 e. The van der Waals surface area contributed by atoms with Gasteiger partial charge in [-0.1, -0.05) is 87.0 Å². The highest BCUT2D eigenvalue weighted by Crippen LogP contribution is 2.42. The molecule has 0 spiro atoms. The van der Waals surface area contributed by atoms with E-state index in [1.54, 1.807) is 27.0 Å². The van der Waals surface area contributed by atoms with Gasteiger partial charge in [0, 0.05) is 58.0 Å². The average molecular weight is 914 g/mol. The van der Waals surface area contributed by atoms with Crippen LogP contribution >= 0.6 is 0 Å². The number of hydrogen-bond donors (Lipinski definition) is 2. The zero-order valence-corrected chi connectivity index (χ0v) is 40.5. The number of esters is 1. The van der Waals surface area contributed by atoms with Gasteiger partial charge in [-0.2, -0.15) is 0 Å². The van der Waals surface area contributed by atoms with Crippen LogP contribution in [0.5, 0.6) is 0 Å². The average Bonchev–Trinajstić information content (AvgIpc) is 3.31. The third-order valence-corrected chi connectivity index (χ3v) is 15.1. The number of cyclic esters (lactones) is 1. The van der Waals surface area contributed by atoms with E-state index in [1.165, 1.54) is 35.5 Å². The fourth-order valence-corrected chi connectivity index (χ4v) is 11.3. The van der Waals surface area contributed by atoms with Gasteiger partial charge in [0.1, 0.15) is 24.0 Å². The van der Waals surface area contributed by atoms with Crippen molar-refractivity contribution in [2.24, 2.45) is 29.6 Å². The van der Waals surface area contributed by atoms with Crippen molar-refractivity contribution in [1.82, 2.24) is 4.90 Å². The number of aliphatic hydroxyl groups is 2. The van der Waals surface area contributed by atoms with Crippen LogP contribution in [0.2, 0.25) is 0 Å². The highest BCUT2D eigenvalue weighted by Gasteiger charge is 2.56.